The maximum Gasteiger partial charge on any atom is 0.227 e. The zero-order valence-corrected chi connectivity index (χ0v) is 19.6. The van der Waals surface area contributed by atoms with E-state index >= 15 is 0 Å². The molecule has 0 radical (unpaired) electrons. The number of fused-ring (bicyclic) bond motifs is 1. The third-order valence-corrected chi connectivity index (χ3v) is 7.07. The van der Waals surface area contributed by atoms with Crippen molar-refractivity contribution in [3.05, 3.63) is 69.8 Å². The molecule has 2 aromatic rings. The summed E-state index contributed by atoms with van der Waals surface area (Å²) in [6, 6.07) is 13.2. The lowest BCUT2D eigenvalue weighted by atomic mass is 9.85. The Bertz CT molecular complexity index is 1000. The van der Waals surface area contributed by atoms with Crippen LogP contribution in [0.1, 0.15) is 47.6 Å². The van der Waals surface area contributed by atoms with Crippen molar-refractivity contribution in [3.8, 4) is 5.75 Å². The maximum absolute atomic E-state index is 11.2. The Balaban J connectivity index is 1.31. The third kappa shape index (κ3) is 5.22. The fourth-order valence-corrected chi connectivity index (χ4v) is 4.92. The normalized spacial score (nSPS) is 16.8. The summed E-state index contributed by atoms with van der Waals surface area (Å²) < 4.78 is 6.08. The van der Waals surface area contributed by atoms with Crippen LogP contribution in [0, 0.1) is 19.8 Å². The molecule has 0 unspecified atom stereocenters. The molecule has 3 nitrogen and oxygen atoms in total. The van der Waals surface area contributed by atoms with Gasteiger partial charge in [0.15, 0.2) is 0 Å². The highest BCUT2D eigenvalue weighted by molar-refractivity contribution is 6.64. The minimum absolute atomic E-state index is 0.0214. The summed E-state index contributed by atoms with van der Waals surface area (Å²) in [5, 5.41) is -0.197. The molecule has 0 bridgehead atoms. The Morgan fingerprint density at radius 2 is 1.90 bits per heavy atom. The molecule has 31 heavy (non-hydrogen) atoms. The number of hydrogen-bond donors (Lipinski definition) is 0. The molecule has 1 saturated heterocycles. The number of ether oxygens (including phenoxy) is 1. The second-order valence-electron chi connectivity index (χ2n) is 9.12. The van der Waals surface area contributed by atoms with Crippen LogP contribution in [0.2, 0.25) is 0 Å². The predicted molar refractivity (Wildman–Crippen MR) is 128 cm³/mol. The molecule has 1 aliphatic heterocycles. The average Bonchev–Trinajstić information content (AvgIpc) is 2.70. The maximum atomic E-state index is 11.2. The van der Waals surface area contributed by atoms with Crippen molar-refractivity contribution in [2.24, 2.45) is 5.92 Å². The summed E-state index contributed by atoms with van der Waals surface area (Å²) in [7, 11) is 0. The van der Waals surface area contributed by atoms with Crippen molar-refractivity contribution < 1.29 is 9.53 Å². The van der Waals surface area contributed by atoms with Crippen molar-refractivity contribution in [1.82, 2.24) is 4.90 Å². The lowest BCUT2D eigenvalue weighted by Crippen LogP contribution is -2.49. The molecule has 4 heteroatoms. The Morgan fingerprint density at radius 3 is 2.65 bits per heavy atom. The van der Waals surface area contributed by atoms with Gasteiger partial charge >= 0.3 is 0 Å². The van der Waals surface area contributed by atoms with E-state index in [1.165, 1.54) is 39.0 Å². The van der Waals surface area contributed by atoms with Gasteiger partial charge in [-0.25, -0.2) is 0 Å². The van der Waals surface area contributed by atoms with Crippen molar-refractivity contribution >= 4 is 22.4 Å². The van der Waals surface area contributed by atoms with Gasteiger partial charge in [-0.1, -0.05) is 35.4 Å². The Kier molecular flexibility index (Phi) is 6.83. The van der Waals surface area contributed by atoms with Gasteiger partial charge in [-0.15, -0.1) is 0 Å². The first-order valence-electron chi connectivity index (χ1n) is 11.3. The minimum Gasteiger partial charge on any atom is -0.494 e. The van der Waals surface area contributed by atoms with Gasteiger partial charge in [-0.3, -0.25) is 9.69 Å². The monoisotopic (exact) mass is 437 g/mol. The van der Waals surface area contributed by atoms with E-state index in [0.29, 0.717) is 0 Å². The van der Waals surface area contributed by atoms with E-state index in [9.17, 15) is 4.79 Å². The van der Waals surface area contributed by atoms with E-state index < -0.39 is 0 Å². The number of nitrogens with zero attached hydrogens (tertiary/aromatic N) is 1. The zero-order valence-electron chi connectivity index (χ0n) is 18.8. The first-order valence-corrected chi connectivity index (χ1v) is 11.7. The SMILES string of the molecule is CC1=C(CN2CC(C(=O)Cl)C2)CCc2cc(OCCCc3ccc(C)cc3C)ccc21. The van der Waals surface area contributed by atoms with Crippen LogP contribution in [0.15, 0.2) is 42.0 Å². The molecule has 1 heterocycles. The van der Waals surface area contributed by atoms with Crippen LogP contribution in [-0.4, -0.2) is 36.4 Å². The van der Waals surface area contributed by atoms with Crippen LogP contribution in [0.5, 0.6) is 5.75 Å². The van der Waals surface area contributed by atoms with Crippen LogP contribution in [-0.2, 0) is 17.6 Å². The first kappa shape index (κ1) is 22.1. The van der Waals surface area contributed by atoms with Gasteiger partial charge in [0.2, 0.25) is 5.24 Å². The molecule has 0 atom stereocenters. The van der Waals surface area contributed by atoms with E-state index in [2.05, 4.69) is 62.1 Å². The molecular formula is C27H32ClNO2. The van der Waals surface area contributed by atoms with Crippen molar-refractivity contribution in [3.63, 3.8) is 0 Å². The number of hydrogen-bond acceptors (Lipinski definition) is 3. The predicted octanol–water partition coefficient (Wildman–Crippen LogP) is 5.73. The minimum atomic E-state index is -0.197. The molecule has 2 aromatic carbocycles. The van der Waals surface area contributed by atoms with E-state index in [1.54, 1.807) is 0 Å². The van der Waals surface area contributed by atoms with Gasteiger partial charge in [0.25, 0.3) is 0 Å². The fraction of sp³-hybridized carbons (Fsp3) is 0.444. The van der Waals surface area contributed by atoms with Gasteiger partial charge in [-0.05, 0) is 98.0 Å². The summed E-state index contributed by atoms with van der Waals surface area (Å²) in [5.74, 6) is 0.995. The van der Waals surface area contributed by atoms with Gasteiger partial charge in [0.05, 0.1) is 12.5 Å². The number of aryl methyl sites for hydroxylation is 4. The largest absolute Gasteiger partial charge is 0.494 e. The molecular weight excluding hydrogens is 406 g/mol. The summed E-state index contributed by atoms with van der Waals surface area (Å²) >= 11 is 5.60. The van der Waals surface area contributed by atoms with Crippen molar-refractivity contribution in [2.45, 2.75) is 46.5 Å². The topological polar surface area (TPSA) is 29.5 Å². The Morgan fingerprint density at radius 1 is 1.10 bits per heavy atom. The number of carbonyl (C=O) groups is 1. The van der Waals surface area contributed by atoms with Gasteiger partial charge in [0, 0.05) is 19.6 Å². The van der Waals surface area contributed by atoms with E-state index in [1.807, 2.05) is 0 Å². The average molecular weight is 438 g/mol. The lowest BCUT2D eigenvalue weighted by molar-refractivity contribution is -0.119. The van der Waals surface area contributed by atoms with E-state index in [0.717, 1.165) is 57.7 Å². The molecule has 2 aliphatic rings. The molecule has 1 fully saturated rings. The first-order chi connectivity index (χ1) is 14.9. The third-order valence-electron chi connectivity index (χ3n) is 6.76. The van der Waals surface area contributed by atoms with E-state index in [-0.39, 0.29) is 11.2 Å². The number of allylic oxidation sites excluding steroid dienone is 1. The second-order valence-corrected chi connectivity index (χ2v) is 9.50. The molecule has 0 spiro atoms. The van der Waals surface area contributed by atoms with Gasteiger partial charge < -0.3 is 4.74 Å². The number of carbonyl (C=O) groups excluding carboxylic acids is 1. The standard InChI is InChI=1S/C27H32ClNO2/c1-18-6-7-21(19(2)13-18)5-4-12-31-25-10-11-26-20(3)23(9-8-22(26)14-25)15-29-16-24(17-29)27(28)30/h6-7,10-11,13-14,24H,4-5,8-9,12,15-17H2,1-3H3. The summed E-state index contributed by atoms with van der Waals surface area (Å²) in [6.07, 6.45) is 4.19. The summed E-state index contributed by atoms with van der Waals surface area (Å²) in [6.45, 7) is 9.82. The van der Waals surface area contributed by atoms with Crippen molar-refractivity contribution in [2.75, 3.05) is 26.2 Å². The van der Waals surface area contributed by atoms with Crippen LogP contribution < -0.4 is 4.74 Å². The fourth-order valence-electron chi connectivity index (χ4n) is 4.79. The molecule has 0 N–H and O–H groups in total. The smallest absolute Gasteiger partial charge is 0.227 e. The van der Waals surface area contributed by atoms with Gasteiger partial charge in [0.1, 0.15) is 5.75 Å². The summed E-state index contributed by atoms with van der Waals surface area (Å²) in [5.41, 5.74) is 9.68. The molecule has 4 rings (SSSR count). The highest BCUT2D eigenvalue weighted by atomic mass is 35.5. The number of benzene rings is 2. The molecule has 0 amide bonds. The molecule has 164 valence electrons. The van der Waals surface area contributed by atoms with Crippen LogP contribution >= 0.6 is 11.6 Å². The Hall–Kier alpha value is -2.10. The molecule has 0 aromatic heterocycles. The zero-order chi connectivity index (χ0) is 22.0. The highest BCUT2D eigenvalue weighted by Gasteiger charge is 2.32. The van der Waals surface area contributed by atoms with Crippen LogP contribution in [0.4, 0.5) is 0 Å². The molecule has 1 aliphatic carbocycles. The summed E-state index contributed by atoms with van der Waals surface area (Å²) in [4.78, 5) is 13.6. The Labute approximate surface area is 191 Å². The van der Waals surface area contributed by atoms with E-state index in [4.69, 9.17) is 16.3 Å². The van der Waals surface area contributed by atoms with Crippen molar-refractivity contribution in [1.29, 1.82) is 0 Å². The van der Waals surface area contributed by atoms with Gasteiger partial charge in [-0.2, -0.15) is 0 Å². The lowest BCUT2D eigenvalue weighted by Gasteiger charge is -2.38. The van der Waals surface area contributed by atoms with Crippen LogP contribution in [0.3, 0.4) is 0 Å². The second kappa shape index (κ2) is 9.58. The number of rotatable bonds is 8. The number of likely N-dealkylation sites (tertiary alicyclic amines) is 1. The number of halogens is 1. The molecule has 0 saturated carbocycles. The highest BCUT2D eigenvalue weighted by Crippen LogP contribution is 2.34. The quantitative estimate of drug-likeness (QED) is 0.390. The van der Waals surface area contributed by atoms with Crippen LogP contribution in [0.25, 0.3) is 5.57 Å².